The van der Waals surface area contributed by atoms with Crippen LogP contribution >= 0.6 is 0 Å². The topological polar surface area (TPSA) is 43.8 Å². The van der Waals surface area contributed by atoms with E-state index < -0.39 is 0 Å². The molecular weight excluding hydrogens is 234 g/mol. The maximum atomic E-state index is 6.07. The first-order chi connectivity index (χ1) is 9.16. The molecule has 96 valence electrons. The van der Waals surface area contributed by atoms with Gasteiger partial charge in [-0.2, -0.15) is 0 Å². The van der Waals surface area contributed by atoms with E-state index in [9.17, 15) is 0 Å². The zero-order valence-corrected chi connectivity index (χ0v) is 11.2. The van der Waals surface area contributed by atoms with E-state index in [4.69, 9.17) is 5.73 Å². The third-order valence-corrected chi connectivity index (χ3v) is 3.26. The van der Waals surface area contributed by atoms with Crippen LogP contribution in [0.25, 0.3) is 16.7 Å². The molecule has 1 atom stereocenters. The van der Waals surface area contributed by atoms with Crippen molar-refractivity contribution in [3.05, 3.63) is 59.9 Å². The van der Waals surface area contributed by atoms with Crippen molar-refractivity contribution in [3.63, 3.8) is 0 Å². The molecule has 0 amide bonds. The van der Waals surface area contributed by atoms with Crippen LogP contribution in [0.5, 0.6) is 0 Å². The maximum Gasteiger partial charge on any atom is 0.131 e. The molecule has 2 N–H and O–H groups in total. The second-order valence-corrected chi connectivity index (χ2v) is 4.92. The number of nitrogens with zero attached hydrogens (tertiary/aromatic N) is 2. The van der Waals surface area contributed by atoms with Crippen LogP contribution in [0.3, 0.4) is 0 Å². The summed E-state index contributed by atoms with van der Waals surface area (Å²) in [5.74, 6) is 0.895. The van der Waals surface area contributed by atoms with Gasteiger partial charge in [0.15, 0.2) is 0 Å². The van der Waals surface area contributed by atoms with Crippen molar-refractivity contribution in [2.75, 3.05) is 0 Å². The number of fused-ring (bicyclic) bond motifs is 1. The molecule has 0 bridgehead atoms. The molecule has 3 nitrogen and oxygen atoms in total. The normalized spacial score (nSPS) is 12.8. The van der Waals surface area contributed by atoms with Crippen molar-refractivity contribution in [3.8, 4) is 5.69 Å². The molecule has 2 aromatic carbocycles. The van der Waals surface area contributed by atoms with Gasteiger partial charge in [-0.3, -0.25) is 4.57 Å². The van der Waals surface area contributed by atoms with Gasteiger partial charge in [-0.25, -0.2) is 4.98 Å². The van der Waals surface area contributed by atoms with Gasteiger partial charge >= 0.3 is 0 Å². The minimum atomic E-state index is -0.104. The Morgan fingerprint density at radius 2 is 1.84 bits per heavy atom. The number of benzene rings is 2. The number of hydrogen-bond donors (Lipinski definition) is 1. The van der Waals surface area contributed by atoms with E-state index >= 15 is 0 Å². The van der Waals surface area contributed by atoms with Crippen LogP contribution in [-0.4, -0.2) is 9.55 Å². The number of aromatic nitrogens is 2. The first kappa shape index (κ1) is 11.9. The first-order valence-corrected chi connectivity index (χ1v) is 6.47. The molecule has 0 aliphatic carbocycles. The third-order valence-electron chi connectivity index (χ3n) is 3.26. The average Bonchev–Trinajstić information content (AvgIpc) is 2.78. The highest BCUT2D eigenvalue weighted by molar-refractivity contribution is 5.79. The van der Waals surface area contributed by atoms with Crippen molar-refractivity contribution in [1.82, 2.24) is 9.55 Å². The van der Waals surface area contributed by atoms with Gasteiger partial charge in [0, 0.05) is 5.69 Å². The molecule has 0 aliphatic heterocycles. The van der Waals surface area contributed by atoms with Crippen LogP contribution in [-0.2, 0) is 0 Å². The summed E-state index contributed by atoms with van der Waals surface area (Å²) < 4.78 is 2.15. The number of nitrogens with two attached hydrogens (primary N) is 1. The van der Waals surface area contributed by atoms with Gasteiger partial charge in [0.2, 0.25) is 0 Å². The Morgan fingerprint density at radius 1 is 1.11 bits per heavy atom. The molecule has 19 heavy (non-hydrogen) atoms. The summed E-state index contributed by atoms with van der Waals surface area (Å²) in [6.07, 6.45) is 0. The van der Waals surface area contributed by atoms with Crippen LogP contribution in [0.15, 0.2) is 48.5 Å². The number of hydrogen-bond acceptors (Lipinski definition) is 2. The molecule has 1 unspecified atom stereocenters. The summed E-state index contributed by atoms with van der Waals surface area (Å²) in [6.45, 7) is 4.06. The van der Waals surface area contributed by atoms with E-state index in [2.05, 4.69) is 46.8 Å². The maximum absolute atomic E-state index is 6.07. The van der Waals surface area contributed by atoms with Gasteiger partial charge in [0.25, 0.3) is 0 Å². The van der Waals surface area contributed by atoms with Crippen molar-refractivity contribution in [1.29, 1.82) is 0 Å². The Labute approximate surface area is 112 Å². The minimum absolute atomic E-state index is 0.104. The molecule has 0 radical (unpaired) electrons. The summed E-state index contributed by atoms with van der Waals surface area (Å²) in [5, 5.41) is 0. The average molecular weight is 251 g/mol. The van der Waals surface area contributed by atoms with Crippen molar-refractivity contribution < 1.29 is 0 Å². The lowest BCUT2D eigenvalue weighted by molar-refractivity contribution is 0.727. The van der Waals surface area contributed by atoms with Gasteiger partial charge in [0.05, 0.1) is 17.1 Å². The molecule has 0 aliphatic rings. The highest BCUT2D eigenvalue weighted by Gasteiger charge is 2.15. The Bertz CT molecular complexity index is 711. The van der Waals surface area contributed by atoms with Gasteiger partial charge in [0.1, 0.15) is 5.82 Å². The molecule has 1 heterocycles. The fourth-order valence-corrected chi connectivity index (χ4v) is 2.36. The van der Waals surface area contributed by atoms with E-state index in [0.29, 0.717) is 0 Å². The second-order valence-electron chi connectivity index (χ2n) is 4.92. The monoisotopic (exact) mass is 251 g/mol. The molecule has 3 aromatic rings. The summed E-state index contributed by atoms with van der Waals surface area (Å²) in [4.78, 5) is 4.67. The van der Waals surface area contributed by atoms with Gasteiger partial charge < -0.3 is 5.73 Å². The first-order valence-electron chi connectivity index (χ1n) is 6.47. The summed E-state index contributed by atoms with van der Waals surface area (Å²) in [5.41, 5.74) is 10.5. The molecule has 0 saturated heterocycles. The lowest BCUT2D eigenvalue weighted by atomic mass is 10.2. The second kappa shape index (κ2) is 4.52. The molecule has 3 heteroatoms. The summed E-state index contributed by atoms with van der Waals surface area (Å²) in [7, 11) is 0. The lowest BCUT2D eigenvalue weighted by Crippen LogP contribution is -2.12. The van der Waals surface area contributed by atoms with Crippen LogP contribution < -0.4 is 5.73 Å². The fourth-order valence-electron chi connectivity index (χ4n) is 2.36. The Morgan fingerprint density at radius 3 is 2.53 bits per heavy atom. The SMILES string of the molecule is Cc1ccc2nc(C(C)N)n(-c3ccccc3)c2c1. The molecule has 0 fully saturated rings. The smallest absolute Gasteiger partial charge is 0.131 e. The number of aryl methyl sites for hydroxylation is 1. The summed E-state index contributed by atoms with van der Waals surface area (Å²) >= 11 is 0. The quantitative estimate of drug-likeness (QED) is 0.759. The Hall–Kier alpha value is -2.13. The van der Waals surface area contributed by atoms with Crippen LogP contribution in [0.1, 0.15) is 24.4 Å². The largest absolute Gasteiger partial charge is 0.322 e. The van der Waals surface area contributed by atoms with Crippen molar-refractivity contribution >= 4 is 11.0 Å². The van der Waals surface area contributed by atoms with E-state index in [1.54, 1.807) is 0 Å². The lowest BCUT2D eigenvalue weighted by Gasteiger charge is -2.11. The minimum Gasteiger partial charge on any atom is -0.322 e. The van der Waals surface area contributed by atoms with Crippen LogP contribution in [0.4, 0.5) is 0 Å². The van der Waals surface area contributed by atoms with E-state index in [0.717, 1.165) is 22.5 Å². The van der Waals surface area contributed by atoms with Gasteiger partial charge in [-0.15, -0.1) is 0 Å². The molecule has 3 rings (SSSR count). The van der Waals surface area contributed by atoms with Gasteiger partial charge in [-0.05, 0) is 43.7 Å². The Kier molecular flexibility index (Phi) is 2.84. The highest BCUT2D eigenvalue weighted by Crippen LogP contribution is 2.25. The van der Waals surface area contributed by atoms with Crippen molar-refractivity contribution in [2.45, 2.75) is 19.9 Å². The fraction of sp³-hybridized carbons (Fsp3) is 0.188. The van der Waals surface area contributed by atoms with E-state index in [-0.39, 0.29) is 6.04 Å². The predicted molar refractivity (Wildman–Crippen MR) is 78.4 cm³/mol. The van der Waals surface area contributed by atoms with E-state index in [1.807, 2.05) is 25.1 Å². The molecule has 0 saturated carbocycles. The summed E-state index contributed by atoms with van der Waals surface area (Å²) in [6, 6.07) is 16.4. The zero-order chi connectivity index (χ0) is 13.4. The van der Waals surface area contributed by atoms with Crippen LogP contribution in [0.2, 0.25) is 0 Å². The zero-order valence-electron chi connectivity index (χ0n) is 11.2. The standard InChI is InChI=1S/C16H17N3/c1-11-8-9-14-15(10-11)19(16(18-14)12(2)17)13-6-4-3-5-7-13/h3-10,12H,17H2,1-2H3. The number of para-hydroxylation sites is 1. The van der Waals surface area contributed by atoms with Crippen LogP contribution in [0, 0.1) is 6.92 Å². The Balaban J connectivity index is 2.36. The number of rotatable bonds is 2. The molecular formula is C16H17N3. The van der Waals surface area contributed by atoms with Crippen molar-refractivity contribution in [2.24, 2.45) is 5.73 Å². The molecule has 0 spiro atoms. The predicted octanol–water partition coefficient (Wildman–Crippen LogP) is 3.35. The van der Waals surface area contributed by atoms with Gasteiger partial charge in [-0.1, -0.05) is 24.3 Å². The number of imidazole rings is 1. The van der Waals surface area contributed by atoms with E-state index in [1.165, 1.54) is 5.56 Å². The third kappa shape index (κ3) is 2.02. The molecule has 1 aromatic heterocycles. The highest BCUT2D eigenvalue weighted by atomic mass is 15.1.